The molecule has 1 aliphatic rings. The van der Waals surface area contributed by atoms with Gasteiger partial charge >= 0.3 is 0 Å². The molecule has 0 spiro atoms. The zero-order valence-corrected chi connectivity index (χ0v) is 10.4. The highest BCUT2D eigenvalue weighted by Crippen LogP contribution is 2.19. The van der Waals surface area contributed by atoms with Crippen LogP contribution in [0, 0.1) is 12.8 Å². The summed E-state index contributed by atoms with van der Waals surface area (Å²) in [6.07, 6.45) is 3.88. The Hall–Kier alpha value is -1.58. The third-order valence-corrected chi connectivity index (χ3v) is 3.28. The van der Waals surface area contributed by atoms with Gasteiger partial charge in [0.15, 0.2) is 0 Å². The molecule has 0 saturated carbocycles. The lowest BCUT2D eigenvalue weighted by molar-refractivity contribution is 0.0682. The van der Waals surface area contributed by atoms with Crippen LogP contribution in [0.1, 0.15) is 35.8 Å². The first-order valence-electron chi connectivity index (χ1n) is 6.09. The molecule has 1 fully saturated rings. The van der Waals surface area contributed by atoms with Crippen molar-refractivity contribution in [1.29, 1.82) is 0 Å². The first-order chi connectivity index (χ1) is 8.08. The van der Waals surface area contributed by atoms with E-state index in [1.807, 2.05) is 11.8 Å². The first kappa shape index (κ1) is 11.9. The Kier molecular flexibility index (Phi) is 3.31. The molecule has 2 N–H and O–H groups in total. The number of carbonyl (C=O) groups excluding carboxylic acids is 1. The molecule has 0 aliphatic carbocycles. The maximum atomic E-state index is 12.3. The van der Waals surface area contributed by atoms with E-state index in [1.165, 1.54) is 6.42 Å². The van der Waals surface area contributed by atoms with E-state index in [0.29, 0.717) is 17.2 Å². The fraction of sp³-hybridized carbons (Fsp3) is 0.538. The second-order valence-electron chi connectivity index (χ2n) is 4.90. The second kappa shape index (κ2) is 4.73. The summed E-state index contributed by atoms with van der Waals surface area (Å²) in [5, 5.41) is 0. The van der Waals surface area contributed by atoms with Crippen LogP contribution >= 0.6 is 0 Å². The van der Waals surface area contributed by atoms with Crippen LogP contribution in [-0.2, 0) is 0 Å². The molecule has 4 heteroatoms. The number of aromatic nitrogens is 1. The van der Waals surface area contributed by atoms with Crippen LogP contribution in [-0.4, -0.2) is 28.9 Å². The molecule has 0 radical (unpaired) electrons. The van der Waals surface area contributed by atoms with Gasteiger partial charge in [-0.3, -0.25) is 9.78 Å². The van der Waals surface area contributed by atoms with Crippen LogP contribution in [0.25, 0.3) is 0 Å². The molecule has 0 aromatic carbocycles. The van der Waals surface area contributed by atoms with Crippen molar-refractivity contribution < 1.29 is 4.79 Å². The molecule has 1 saturated heterocycles. The Morgan fingerprint density at radius 3 is 3.06 bits per heavy atom. The molecule has 1 aromatic rings. The number of nitrogen functional groups attached to an aromatic ring is 1. The summed E-state index contributed by atoms with van der Waals surface area (Å²) in [7, 11) is 0. The Balaban J connectivity index is 2.21. The van der Waals surface area contributed by atoms with E-state index in [-0.39, 0.29) is 5.91 Å². The fourth-order valence-electron chi connectivity index (χ4n) is 2.31. The van der Waals surface area contributed by atoms with Gasteiger partial charge in [0, 0.05) is 13.1 Å². The standard InChI is InChI=1S/C13H19N3O/c1-9-4-3-5-16(8-9)13(17)12-6-11(14)7-15-10(12)2/h6-7,9H,3-5,8,14H2,1-2H3. The van der Waals surface area contributed by atoms with Crippen LogP contribution in [0.5, 0.6) is 0 Å². The lowest BCUT2D eigenvalue weighted by Gasteiger charge is -2.31. The van der Waals surface area contributed by atoms with Gasteiger partial charge in [-0.15, -0.1) is 0 Å². The highest BCUT2D eigenvalue weighted by Gasteiger charge is 2.23. The third kappa shape index (κ3) is 2.57. The number of pyridine rings is 1. The maximum absolute atomic E-state index is 12.3. The monoisotopic (exact) mass is 233 g/mol. The summed E-state index contributed by atoms with van der Waals surface area (Å²) in [5.41, 5.74) is 7.62. The average molecular weight is 233 g/mol. The van der Waals surface area contributed by atoms with Crippen LogP contribution < -0.4 is 5.73 Å². The van der Waals surface area contributed by atoms with Gasteiger partial charge in [-0.25, -0.2) is 0 Å². The second-order valence-corrected chi connectivity index (χ2v) is 4.90. The summed E-state index contributed by atoms with van der Waals surface area (Å²) in [4.78, 5) is 18.4. The lowest BCUT2D eigenvalue weighted by Crippen LogP contribution is -2.39. The fourth-order valence-corrected chi connectivity index (χ4v) is 2.31. The number of likely N-dealkylation sites (tertiary alicyclic amines) is 1. The maximum Gasteiger partial charge on any atom is 0.255 e. The minimum Gasteiger partial charge on any atom is -0.397 e. The third-order valence-electron chi connectivity index (χ3n) is 3.28. The molecule has 1 unspecified atom stereocenters. The summed E-state index contributed by atoms with van der Waals surface area (Å²) in [5.74, 6) is 0.649. The zero-order chi connectivity index (χ0) is 12.4. The van der Waals surface area contributed by atoms with E-state index < -0.39 is 0 Å². The number of carbonyl (C=O) groups is 1. The number of anilines is 1. The molecule has 1 aromatic heterocycles. The predicted molar refractivity (Wildman–Crippen MR) is 67.7 cm³/mol. The summed E-state index contributed by atoms with van der Waals surface area (Å²) in [6.45, 7) is 5.72. The number of hydrogen-bond donors (Lipinski definition) is 1. The van der Waals surface area contributed by atoms with Gasteiger partial charge < -0.3 is 10.6 Å². The van der Waals surface area contributed by atoms with E-state index >= 15 is 0 Å². The van der Waals surface area contributed by atoms with E-state index in [2.05, 4.69) is 11.9 Å². The molecule has 1 aliphatic heterocycles. The van der Waals surface area contributed by atoms with Crippen molar-refractivity contribution in [2.45, 2.75) is 26.7 Å². The molecule has 2 rings (SSSR count). The SMILES string of the molecule is Cc1ncc(N)cc1C(=O)N1CCCC(C)C1. The normalized spacial score (nSPS) is 20.4. The van der Waals surface area contributed by atoms with Gasteiger partial charge in [0.25, 0.3) is 5.91 Å². The lowest BCUT2D eigenvalue weighted by atomic mass is 9.99. The van der Waals surface area contributed by atoms with Crippen LogP contribution in [0.4, 0.5) is 5.69 Å². The zero-order valence-electron chi connectivity index (χ0n) is 10.4. The van der Waals surface area contributed by atoms with Crippen molar-refractivity contribution >= 4 is 11.6 Å². The highest BCUT2D eigenvalue weighted by atomic mass is 16.2. The molecular formula is C13H19N3O. The van der Waals surface area contributed by atoms with Crippen molar-refractivity contribution in [3.8, 4) is 0 Å². The largest absolute Gasteiger partial charge is 0.397 e. The Morgan fingerprint density at radius 2 is 2.35 bits per heavy atom. The molecule has 2 heterocycles. The van der Waals surface area contributed by atoms with Crippen molar-refractivity contribution in [2.24, 2.45) is 5.92 Å². The number of nitrogens with zero attached hydrogens (tertiary/aromatic N) is 2. The molecule has 4 nitrogen and oxygen atoms in total. The van der Waals surface area contributed by atoms with E-state index in [0.717, 1.165) is 25.2 Å². The Bertz CT molecular complexity index is 431. The number of hydrogen-bond acceptors (Lipinski definition) is 3. The van der Waals surface area contributed by atoms with Gasteiger partial charge in [-0.1, -0.05) is 6.92 Å². The topological polar surface area (TPSA) is 59.2 Å². The van der Waals surface area contributed by atoms with Crippen molar-refractivity contribution in [3.05, 3.63) is 23.5 Å². The van der Waals surface area contributed by atoms with Gasteiger partial charge in [0.05, 0.1) is 23.1 Å². The Labute approximate surface area is 102 Å². The molecule has 1 amide bonds. The number of nitrogens with two attached hydrogens (primary N) is 1. The first-order valence-corrected chi connectivity index (χ1v) is 6.09. The summed E-state index contributed by atoms with van der Waals surface area (Å²) < 4.78 is 0. The molecule has 1 atom stereocenters. The smallest absolute Gasteiger partial charge is 0.255 e. The quantitative estimate of drug-likeness (QED) is 0.805. The van der Waals surface area contributed by atoms with Crippen LogP contribution in [0.2, 0.25) is 0 Å². The number of amides is 1. The average Bonchev–Trinajstić information content (AvgIpc) is 2.31. The van der Waals surface area contributed by atoms with Gasteiger partial charge in [0.2, 0.25) is 0 Å². The number of aryl methyl sites for hydroxylation is 1. The summed E-state index contributed by atoms with van der Waals surface area (Å²) in [6, 6.07) is 1.73. The van der Waals surface area contributed by atoms with Crippen molar-refractivity contribution in [3.63, 3.8) is 0 Å². The van der Waals surface area contributed by atoms with Crippen molar-refractivity contribution in [2.75, 3.05) is 18.8 Å². The van der Waals surface area contributed by atoms with E-state index in [9.17, 15) is 4.79 Å². The van der Waals surface area contributed by atoms with Gasteiger partial charge in [-0.2, -0.15) is 0 Å². The molecule has 92 valence electrons. The van der Waals surface area contributed by atoms with E-state index in [1.54, 1.807) is 12.3 Å². The highest BCUT2D eigenvalue weighted by molar-refractivity contribution is 5.96. The van der Waals surface area contributed by atoms with Gasteiger partial charge in [0.1, 0.15) is 0 Å². The van der Waals surface area contributed by atoms with E-state index in [4.69, 9.17) is 5.73 Å². The summed E-state index contributed by atoms with van der Waals surface area (Å²) >= 11 is 0. The minimum absolute atomic E-state index is 0.0638. The predicted octanol–water partition coefficient (Wildman–Crippen LogP) is 1.84. The van der Waals surface area contributed by atoms with Crippen LogP contribution in [0.3, 0.4) is 0 Å². The molecule has 17 heavy (non-hydrogen) atoms. The number of piperidine rings is 1. The molecule has 0 bridgehead atoms. The van der Waals surface area contributed by atoms with Crippen molar-refractivity contribution in [1.82, 2.24) is 9.88 Å². The van der Waals surface area contributed by atoms with Crippen LogP contribution in [0.15, 0.2) is 12.3 Å². The number of rotatable bonds is 1. The minimum atomic E-state index is 0.0638. The Morgan fingerprint density at radius 1 is 1.59 bits per heavy atom. The molecular weight excluding hydrogens is 214 g/mol. The van der Waals surface area contributed by atoms with Gasteiger partial charge in [-0.05, 0) is 31.7 Å².